The molecule has 0 atom stereocenters. The summed E-state index contributed by atoms with van der Waals surface area (Å²) < 4.78 is 0. The predicted molar refractivity (Wildman–Crippen MR) is 43.1 cm³/mol. The minimum Gasteiger partial charge on any atom is -0.302 e. The second-order valence-corrected chi connectivity index (χ2v) is 2.76. The smallest absolute Gasteiger partial charge is 0.133 e. The number of carbonyl (C=O) groups excluding carboxylic acids is 1. The molecule has 0 spiro atoms. The Morgan fingerprint density at radius 3 is 2.40 bits per heavy atom. The number of hydrogen-bond acceptors (Lipinski definition) is 2. The van der Waals surface area contributed by atoms with E-state index in [0.717, 1.165) is 19.3 Å². The standard InChI is InChI=1S/C8H17NO/c1-4-5-9(6-7-10)8(2)3/h7-8H,4-6H2,1-3H3. The number of carbonyl (C=O) groups is 1. The Hall–Kier alpha value is -0.370. The van der Waals surface area contributed by atoms with Crippen LogP contribution in [0.2, 0.25) is 0 Å². The summed E-state index contributed by atoms with van der Waals surface area (Å²) in [6.07, 6.45) is 2.08. The predicted octanol–water partition coefficient (Wildman–Crippen LogP) is 1.31. The lowest BCUT2D eigenvalue weighted by atomic mass is 10.3. The zero-order chi connectivity index (χ0) is 7.98. The first-order valence-corrected chi connectivity index (χ1v) is 3.90. The molecule has 60 valence electrons. The van der Waals surface area contributed by atoms with Crippen LogP contribution in [0.5, 0.6) is 0 Å². The second kappa shape index (κ2) is 5.42. The molecule has 0 N–H and O–H groups in total. The summed E-state index contributed by atoms with van der Waals surface area (Å²) in [5.74, 6) is 0. The van der Waals surface area contributed by atoms with Crippen molar-refractivity contribution in [3.8, 4) is 0 Å². The van der Waals surface area contributed by atoms with Crippen LogP contribution in [-0.4, -0.2) is 30.3 Å². The molecule has 0 aliphatic heterocycles. The molecule has 0 amide bonds. The van der Waals surface area contributed by atoms with Crippen molar-refractivity contribution >= 4 is 6.29 Å². The Labute approximate surface area is 63.2 Å². The van der Waals surface area contributed by atoms with Crippen LogP contribution < -0.4 is 0 Å². The Bertz CT molecular complexity index is 91.3. The lowest BCUT2D eigenvalue weighted by Crippen LogP contribution is -2.33. The minimum atomic E-state index is 0.491. The van der Waals surface area contributed by atoms with E-state index in [9.17, 15) is 4.79 Å². The maximum Gasteiger partial charge on any atom is 0.133 e. The Kier molecular flexibility index (Phi) is 5.22. The van der Waals surface area contributed by atoms with Crippen molar-refractivity contribution in [2.45, 2.75) is 33.2 Å². The van der Waals surface area contributed by atoms with Crippen LogP contribution in [0.25, 0.3) is 0 Å². The third kappa shape index (κ3) is 3.62. The summed E-state index contributed by atoms with van der Waals surface area (Å²) in [5.41, 5.74) is 0. The molecule has 0 aliphatic rings. The first-order chi connectivity index (χ1) is 4.72. The van der Waals surface area contributed by atoms with Gasteiger partial charge >= 0.3 is 0 Å². The third-order valence-corrected chi connectivity index (χ3v) is 1.55. The quantitative estimate of drug-likeness (QED) is 0.541. The molecular weight excluding hydrogens is 126 g/mol. The van der Waals surface area contributed by atoms with Crippen molar-refractivity contribution in [2.75, 3.05) is 13.1 Å². The second-order valence-electron chi connectivity index (χ2n) is 2.76. The van der Waals surface area contributed by atoms with Gasteiger partial charge in [-0.25, -0.2) is 0 Å². The van der Waals surface area contributed by atoms with Gasteiger partial charge in [0.25, 0.3) is 0 Å². The molecule has 2 nitrogen and oxygen atoms in total. The molecule has 0 fully saturated rings. The lowest BCUT2D eigenvalue weighted by Gasteiger charge is -2.22. The van der Waals surface area contributed by atoms with Crippen LogP contribution in [-0.2, 0) is 4.79 Å². The lowest BCUT2D eigenvalue weighted by molar-refractivity contribution is -0.109. The molecule has 0 saturated carbocycles. The van der Waals surface area contributed by atoms with E-state index < -0.39 is 0 Å². The van der Waals surface area contributed by atoms with E-state index in [4.69, 9.17) is 0 Å². The van der Waals surface area contributed by atoms with Gasteiger partial charge in [-0.2, -0.15) is 0 Å². The van der Waals surface area contributed by atoms with Gasteiger partial charge in [0.2, 0.25) is 0 Å². The maximum absolute atomic E-state index is 10.2. The van der Waals surface area contributed by atoms with Crippen LogP contribution >= 0.6 is 0 Å². The van der Waals surface area contributed by atoms with Crippen molar-refractivity contribution in [1.29, 1.82) is 0 Å². The molecule has 0 heterocycles. The third-order valence-electron chi connectivity index (χ3n) is 1.55. The van der Waals surface area contributed by atoms with E-state index >= 15 is 0 Å². The highest BCUT2D eigenvalue weighted by Gasteiger charge is 2.05. The van der Waals surface area contributed by atoms with Crippen molar-refractivity contribution in [3.05, 3.63) is 0 Å². The van der Waals surface area contributed by atoms with Gasteiger partial charge in [0.1, 0.15) is 6.29 Å². The van der Waals surface area contributed by atoms with Crippen LogP contribution in [0.1, 0.15) is 27.2 Å². The zero-order valence-electron chi connectivity index (χ0n) is 7.13. The molecule has 0 radical (unpaired) electrons. The van der Waals surface area contributed by atoms with Gasteiger partial charge in [0.05, 0.1) is 6.54 Å². The topological polar surface area (TPSA) is 20.3 Å². The van der Waals surface area contributed by atoms with Crippen molar-refractivity contribution < 1.29 is 4.79 Å². The molecule has 0 aliphatic carbocycles. The van der Waals surface area contributed by atoms with Crippen molar-refractivity contribution in [2.24, 2.45) is 0 Å². The summed E-state index contributed by atoms with van der Waals surface area (Å²) in [4.78, 5) is 12.3. The summed E-state index contributed by atoms with van der Waals surface area (Å²) in [6, 6.07) is 0.491. The van der Waals surface area contributed by atoms with Gasteiger partial charge in [-0.05, 0) is 26.8 Å². The monoisotopic (exact) mass is 143 g/mol. The summed E-state index contributed by atoms with van der Waals surface area (Å²) >= 11 is 0. The Morgan fingerprint density at radius 2 is 2.10 bits per heavy atom. The van der Waals surface area contributed by atoms with Crippen LogP contribution in [0.4, 0.5) is 0 Å². The average Bonchev–Trinajstić information content (AvgIpc) is 1.87. The highest BCUT2D eigenvalue weighted by atomic mass is 16.1. The zero-order valence-corrected chi connectivity index (χ0v) is 7.13. The normalized spacial score (nSPS) is 10.9. The Balaban J connectivity index is 3.60. The van der Waals surface area contributed by atoms with Crippen LogP contribution in [0.3, 0.4) is 0 Å². The van der Waals surface area contributed by atoms with Crippen LogP contribution in [0.15, 0.2) is 0 Å². The molecule has 0 unspecified atom stereocenters. The van der Waals surface area contributed by atoms with Crippen LogP contribution in [0, 0.1) is 0 Å². The van der Waals surface area contributed by atoms with Crippen molar-refractivity contribution in [1.82, 2.24) is 4.90 Å². The maximum atomic E-state index is 10.2. The average molecular weight is 143 g/mol. The van der Waals surface area contributed by atoms with E-state index in [2.05, 4.69) is 25.7 Å². The largest absolute Gasteiger partial charge is 0.302 e. The molecule has 10 heavy (non-hydrogen) atoms. The van der Waals surface area contributed by atoms with E-state index in [1.165, 1.54) is 0 Å². The fourth-order valence-electron chi connectivity index (χ4n) is 0.943. The number of hydrogen-bond donors (Lipinski definition) is 0. The summed E-state index contributed by atoms with van der Waals surface area (Å²) in [6.45, 7) is 7.94. The van der Waals surface area contributed by atoms with Gasteiger partial charge in [-0.15, -0.1) is 0 Å². The number of aldehydes is 1. The van der Waals surface area contributed by atoms with Gasteiger partial charge in [0, 0.05) is 6.04 Å². The fourth-order valence-corrected chi connectivity index (χ4v) is 0.943. The first kappa shape index (κ1) is 9.63. The molecule has 0 rings (SSSR count). The molecule has 0 aromatic carbocycles. The molecule has 0 aromatic rings. The first-order valence-electron chi connectivity index (χ1n) is 3.90. The Morgan fingerprint density at radius 1 is 1.50 bits per heavy atom. The molecule has 0 saturated heterocycles. The van der Waals surface area contributed by atoms with Crippen molar-refractivity contribution in [3.63, 3.8) is 0 Å². The summed E-state index contributed by atoms with van der Waals surface area (Å²) in [7, 11) is 0. The van der Waals surface area contributed by atoms with E-state index in [1.807, 2.05) is 0 Å². The fraction of sp³-hybridized carbons (Fsp3) is 0.875. The SMILES string of the molecule is CCCN(CC=O)C(C)C. The van der Waals surface area contributed by atoms with E-state index in [-0.39, 0.29) is 0 Å². The molecule has 0 bridgehead atoms. The highest BCUT2D eigenvalue weighted by molar-refractivity contribution is 5.51. The molecule has 2 heteroatoms. The van der Waals surface area contributed by atoms with Gasteiger partial charge in [-0.3, -0.25) is 4.90 Å². The van der Waals surface area contributed by atoms with E-state index in [1.54, 1.807) is 0 Å². The molecular formula is C8H17NO. The van der Waals surface area contributed by atoms with E-state index in [0.29, 0.717) is 12.6 Å². The van der Waals surface area contributed by atoms with Gasteiger partial charge in [-0.1, -0.05) is 6.92 Å². The van der Waals surface area contributed by atoms with Gasteiger partial charge in [0.15, 0.2) is 0 Å². The number of nitrogens with zero attached hydrogens (tertiary/aromatic N) is 1. The summed E-state index contributed by atoms with van der Waals surface area (Å²) in [5, 5.41) is 0. The number of rotatable bonds is 5. The molecule has 0 aromatic heterocycles. The van der Waals surface area contributed by atoms with Gasteiger partial charge < -0.3 is 4.79 Å². The highest BCUT2D eigenvalue weighted by Crippen LogP contribution is 1.96. The minimum absolute atomic E-state index is 0.491.